The standard InChI is InChI=1S/C15H26O6.C13H24O3.C11H20O4/c1-2-15(9-16-3-12-6-19-12,10-17-4-13-7-20-13)11-18-5-14-8-21-14;1(3-7-14-9-12-5-6-12)2-4-8-15-10-13-11-16-13;1-11(2,7-12-3-9-5-14-9)8-13-4-10-6-15-10/h12-14H,2-11H2,1H3;12-13H,1-11H2;9-10H,3-8H2,1-2H3. The molecular formula is C39H70O13. The van der Waals surface area contributed by atoms with Crippen LogP contribution in [0.3, 0.4) is 0 Å². The average molecular weight is 747 g/mol. The molecule has 52 heavy (non-hydrogen) atoms. The van der Waals surface area contributed by atoms with Crippen molar-refractivity contribution >= 4 is 0 Å². The number of hydrogen-bond acceptors (Lipinski definition) is 13. The predicted molar refractivity (Wildman–Crippen MR) is 192 cm³/mol. The zero-order valence-electron chi connectivity index (χ0n) is 32.4. The Morgan fingerprint density at radius 3 is 1.04 bits per heavy atom. The molecule has 6 atom stereocenters. The minimum atomic E-state index is -0.0985. The van der Waals surface area contributed by atoms with E-state index in [-0.39, 0.29) is 10.8 Å². The molecule has 6 aliphatic heterocycles. The summed E-state index contributed by atoms with van der Waals surface area (Å²) in [6.45, 7) is 22.0. The number of unbranched alkanes of at least 4 members (excludes halogenated alkanes) is 3. The van der Waals surface area contributed by atoms with Gasteiger partial charge in [-0.25, -0.2) is 0 Å². The Balaban J connectivity index is 0.000000154. The third-order valence-corrected chi connectivity index (χ3v) is 9.57. The minimum absolute atomic E-state index is 0.0732. The molecule has 1 aliphatic carbocycles. The molecular weight excluding hydrogens is 676 g/mol. The molecule has 7 rings (SSSR count). The first kappa shape index (κ1) is 42.6. The highest BCUT2D eigenvalue weighted by atomic mass is 16.6. The van der Waals surface area contributed by atoms with Crippen molar-refractivity contribution in [3.05, 3.63) is 0 Å². The molecule has 7 fully saturated rings. The van der Waals surface area contributed by atoms with Crippen LogP contribution in [0.15, 0.2) is 0 Å². The molecule has 6 unspecified atom stereocenters. The molecule has 13 nitrogen and oxygen atoms in total. The van der Waals surface area contributed by atoms with Gasteiger partial charge in [0.15, 0.2) is 0 Å². The summed E-state index contributed by atoms with van der Waals surface area (Å²) in [6.07, 6.45) is 10.6. The molecule has 13 heteroatoms. The Hall–Kier alpha value is -0.520. The summed E-state index contributed by atoms with van der Waals surface area (Å²) < 4.78 is 70.3. The molecule has 1 saturated carbocycles. The normalized spacial score (nSPS) is 28.9. The molecule has 6 heterocycles. The third kappa shape index (κ3) is 22.8. The van der Waals surface area contributed by atoms with E-state index in [0.29, 0.717) is 76.3 Å². The highest BCUT2D eigenvalue weighted by molar-refractivity contribution is 4.81. The van der Waals surface area contributed by atoms with Crippen LogP contribution >= 0.6 is 0 Å². The summed E-state index contributed by atoms with van der Waals surface area (Å²) in [4.78, 5) is 0. The van der Waals surface area contributed by atoms with Crippen molar-refractivity contribution in [1.29, 1.82) is 0 Å². The summed E-state index contributed by atoms with van der Waals surface area (Å²) in [5, 5.41) is 0. The van der Waals surface area contributed by atoms with Gasteiger partial charge in [0.25, 0.3) is 0 Å². The van der Waals surface area contributed by atoms with Crippen LogP contribution < -0.4 is 0 Å². The van der Waals surface area contributed by atoms with E-state index in [2.05, 4.69) is 20.8 Å². The van der Waals surface area contributed by atoms with Crippen LogP contribution in [0.5, 0.6) is 0 Å². The monoisotopic (exact) mass is 746 g/mol. The Kier molecular flexibility index (Phi) is 19.3. The van der Waals surface area contributed by atoms with E-state index in [1.165, 1.54) is 38.5 Å². The fourth-order valence-corrected chi connectivity index (χ4v) is 5.12. The fourth-order valence-electron chi connectivity index (χ4n) is 5.12. The highest BCUT2D eigenvalue weighted by Gasteiger charge is 2.34. The van der Waals surface area contributed by atoms with Gasteiger partial charge in [-0.1, -0.05) is 33.6 Å². The summed E-state index contributed by atoms with van der Waals surface area (Å²) in [5.41, 5.74) is -0.0253. The molecule has 0 aromatic carbocycles. The van der Waals surface area contributed by atoms with Gasteiger partial charge in [-0.05, 0) is 38.0 Å². The van der Waals surface area contributed by atoms with Gasteiger partial charge >= 0.3 is 0 Å². The zero-order chi connectivity index (χ0) is 36.3. The van der Waals surface area contributed by atoms with Crippen LogP contribution in [0.4, 0.5) is 0 Å². The number of hydrogen-bond donors (Lipinski definition) is 0. The van der Waals surface area contributed by atoms with Crippen molar-refractivity contribution in [3.8, 4) is 0 Å². The summed E-state index contributed by atoms with van der Waals surface area (Å²) in [7, 11) is 0. The first-order chi connectivity index (χ1) is 25.4. The Morgan fingerprint density at radius 1 is 0.423 bits per heavy atom. The molecule has 0 radical (unpaired) electrons. The number of epoxide rings is 6. The van der Waals surface area contributed by atoms with E-state index < -0.39 is 0 Å². The van der Waals surface area contributed by atoms with Gasteiger partial charge in [-0.15, -0.1) is 0 Å². The maximum Gasteiger partial charge on any atom is 0.104 e. The van der Waals surface area contributed by atoms with Crippen LogP contribution in [0.1, 0.15) is 65.7 Å². The number of ether oxygens (including phenoxy) is 13. The molecule has 0 aromatic rings. The minimum Gasteiger partial charge on any atom is -0.381 e. The quantitative estimate of drug-likeness (QED) is 0.0728. The predicted octanol–water partition coefficient (Wildman–Crippen LogP) is 3.86. The molecule has 7 aliphatic rings. The van der Waals surface area contributed by atoms with Crippen molar-refractivity contribution in [2.24, 2.45) is 16.7 Å². The number of rotatable bonds is 32. The fraction of sp³-hybridized carbons (Fsp3) is 1.00. The molecule has 0 spiro atoms. The largest absolute Gasteiger partial charge is 0.381 e. The molecule has 0 N–H and O–H groups in total. The van der Waals surface area contributed by atoms with E-state index in [1.54, 1.807) is 0 Å². The lowest BCUT2D eigenvalue weighted by atomic mass is 9.88. The van der Waals surface area contributed by atoms with E-state index in [4.69, 9.17) is 61.6 Å². The van der Waals surface area contributed by atoms with E-state index >= 15 is 0 Å². The van der Waals surface area contributed by atoms with Gasteiger partial charge in [0.05, 0.1) is 112 Å². The van der Waals surface area contributed by atoms with E-state index in [1.807, 2.05) is 0 Å². The van der Waals surface area contributed by atoms with Gasteiger partial charge in [-0.3, -0.25) is 0 Å². The van der Waals surface area contributed by atoms with Crippen LogP contribution in [-0.4, -0.2) is 169 Å². The second-order valence-corrected chi connectivity index (χ2v) is 16.3. The lowest BCUT2D eigenvalue weighted by Gasteiger charge is -2.32. The lowest BCUT2D eigenvalue weighted by molar-refractivity contribution is -0.0762. The maximum atomic E-state index is 5.81. The van der Waals surface area contributed by atoms with Crippen molar-refractivity contribution in [2.45, 2.75) is 102 Å². The van der Waals surface area contributed by atoms with Crippen LogP contribution in [0, 0.1) is 16.7 Å². The molecule has 0 aromatic heterocycles. The molecule has 0 bridgehead atoms. The van der Waals surface area contributed by atoms with Crippen molar-refractivity contribution < 1.29 is 61.6 Å². The Labute approximate surface area is 312 Å². The SMILES string of the molecule is C(CCCOCC1CO1)CCOCC1CC1.CC(C)(COCC1CO1)COCC1CO1.CCC(COCC1CO1)(COCC1CO1)COCC1CO1. The first-order valence-corrected chi connectivity index (χ1v) is 20.1. The summed E-state index contributed by atoms with van der Waals surface area (Å²) in [5.74, 6) is 0.901. The molecule has 6 saturated heterocycles. The second-order valence-electron chi connectivity index (χ2n) is 16.3. The van der Waals surface area contributed by atoms with Gasteiger partial charge in [0.1, 0.15) is 36.6 Å². The van der Waals surface area contributed by atoms with Gasteiger partial charge < -0.3 is 61.6 Å². The van der Waals surface area contributed by atoms with Gasteiger partial charge in [0, 0.05) is 30.7 Å². The van der Waals surface area contributed by atoms with Crippen molar-refractivity contribution in [2.75, 3.05) is 132 Å². The van der Waals surface area contributed by atoms with Crippen LogP contribution in [0.25, 0.3) is 0 Å². The van der Waals surface area contributed by atoms with Crippen LogP contribution in [0.2, 0.25) is 0 Å². The maximum absolute atomic E-state index is 5.81. The smallest absolute Gasteiger partial charge is 0.104 e. The Morgan fingerprint density at radius 2 is 0.731 bits per heavy atom. The Bertz CT molecular complexity index is 826. The van der Waals surface area contributed by atoms with E-state index in [9.17, 15) is 0 Å². The van der Waals surface area contributed by atoms with Crippen LogP contribution in [-0.2, 0) is 61.6 Å². The zero-order valence-corrected chi connectivity index (χ0v) is 32.4. The highest BCUT2D eigenvalue weighted by Crippen LogP contribution is 2.29. The summed E-state index contributed by atoms with van der Waals surface area (Å²) in [6, 6.07) is 0. The topological polar surface area (TPSA) is 140 Å². The second kappa shape index (κ2) is 23.5. The van der Waals surface area contributed by atoms with Gasteiger partial charge in [-0.2, -0.15) is 0 Å². The van der Waals surface area contributed by atoms with Crippen molar-refractivity contribution in [1.82, 2.24) is 0 Å². The lowest BCUT2D eigenvalue weighted by Crippen LogP contribution is -2.38. The first-order valence-electron chi connectivity index (χ1n) is 20.1. The van der Waals surface area contributed by atoms with Crippen molar-refractivity contribution in [3.63, 3.8) is 0 Å². The van der Waals surface area contributed by atoms with E-state index in [0.717, 1.165) is 105 Å². The third-order valence-electron chi connectivity index (χ3n) is 9.57. The molecule has 304 valence electrons. The molecule has 0 amide bonds. The average Bonchev–Trinajstić information content (AvgIpc) is 3.91. The summed E-state index contributed by atoms with van der Waals surface area (Å²) >= 11 is 0. The van der Waals surface area contributed by atoms with Gasteiger partial charge in [0.2, 0.25) is 0 Å².